The first-order valence-corrected chi connectivity index (χ1v) is 16.6. The van der Waals surface area contributed by atoms with Crippen LogP contribution in [0.25, 0.3) is 0 Å². The quantitative estimate of drug-likeness (QED) is 0.688. The molecule has 0 saturated carbocycles. The van der Waals surface area contributed by atoms with Crippen molar-refractivity contribution in [3.8, 4) is 0 Å². The summed E-state index contributed by atoms with van der Waals surface area (Å²) in [5.74, 6) is 0.948. The van der Waals surface area contributed by atoms with Gasteiger partial charge < -0.3 is 0 Å². The molecular formula is C16H19NSn. The Morgan fingerprint density at radius 2 is 1.83 bits per heavy atom. The Labute approximate surface area is 113 Å². The van der Waals surface area contributed by atoms with E-state index in [1.54, 1.807) is 3.58 Å². The van der Waals surface area contributed by atoms with Gasteiger partial charge in [0.25, 0.3) is 0 Å². The minimum atomic E-state index is -1.98. The third kappa shape index (κ3) is 2.09. The number of hydrogen-bond acceptors (Lipinski definition) is 1. The molecule has 0 aromatic heterocycles. The van der Waals surface area contributed by atoms with Gasteiger partial charge in [0.2, 0.25) is 0 Å². The number of allylic oxidation sites excluding steroid dienone is 4. The van der Waals surface area contributed by atoms with Crippen LogP contribution >= 0.6 is 0 Å². The Bertz CT molecular complexity index is 561. The van der Waals surface area contributed by atoms with Crippen molar-refractivity contribution in [3.05, 3.63) is 48.1 Å². The van der Waals surface area contributed by atoms with E-state index in [0.717, 1.165) is 5.69 Å². The van der Waals surface area contributed by atoms with Gasteiger partial charge in [-0.2, -0.15) is 0 Å². The fraction of sp³-hybridized carbons (Fsp3) is 0.312. The van der Waals surface area contributed by atoms with Gasteiger partial charge in [0.1, 0.15) is 0 Å². The van der Waals surface area contributed by atoms with Crippen molar-refractivity contribution in [3.63, 3.8) is 0 Å². The average molecular weight is 344 g/mol. The molecule has 2 heteroatoms. The first-order valence-electron chi connectivity index (χ1n) is 6.59. The number of nitrogens with zero attached hydrogens (tertiary/aromatic N) is 1. The van der Waals surface area contributed by atoms with E-state index in [1.807, 2.05) is 0 Å². The molecule has 3 rings (SSSR count). The summed E-state index contributed by atoms with van der Waals surface area (Å²) in [6.45, 7) is 0. The molecule has 0 radical (unpaired) electrons. The van der Waals surface area contributed by atoms with Crippen molar-refractivity contribution in [2.24, 2.45) is 10.9 Å². The number of hydrogen-bond donors (Lipinski definition) is 0. The van der Waals surface area contributed by atoms with E-state index in [4.69, 9.17) is 0 Å². The van der Waals surface area contributed by atoms with Crippen molar-refractivity contribution in [2.75, 3.05) is 0 Å². The van der Waals surface area contributed by atoms with Crippen LogP contribution in [0.5, 0.6) is 0 Å². The van der Waals surface area contributed by atoms with E-state index in [9.17, 15) is 0 Å². The van der Waals surface area contributed by atoms with Gasteiger partial charge in [-0.05, 0) is 0 Å². The molecule has 0 bridgehead atoms. The van der Waals surface area contributed by atoms with Gasteiger partial charge in [0.05, 0.1) is 0 Å². The topological polar surface area (TPSA) is 12.4 Å². The van der Waals surface area contributed by atoms with Gasteiger partial charge in [-0.3, -0.25) is 0 Å². The summed E-state index contributed by atoms with van der Waals surface area (Å²) in [6.07, 6.45) is 11.0. The standard InChI is InChI=1S/C13H10N.3CH3.Sn/c1-2-6-11-10(5-1)9-14-13-8-4-3-7-12(11)13;;;;/h1-2,4-11H;3*1H3;. The van der Waals surface area contributed by atoms with Gasteiger partial charge in [-0.1, -0.05) is 0 Å². The molecule has 2 aliphatic rings. The Kier molecular flexibility index (Phi) is 2.97. The second-order valence-electron chi connectivity index (χ2n) is 6.17. The van der Waals surface area contributed by atoms with Crippen LogP contribution in [0.4, 0.5) is 5.69 Å². The van der Waals surface area contributed by atoms with Crippen LogP contribution < -0.4 is 3.58 Å². The summed E-state index contributed by atoms with van der Waals surface area (Å²) in [7, 11) is 0. The third-order valence-corrected chi connectivity index (χ3v) is 9.65. The monoisotopic (exact) mass is 345 g/mol. The van der Waals surface area contributed by atoms with Crippen LogP contribution in [-0.2, 0) is 0 Å². The van der Waals surface area contributed by atoms with Crippen LogP contribution in [-0.4, -0.2) is 24.6 Å². The van der Waals surface area contributed by atoms with Gasteiger partial charge in [-0.15, -0.1) is 0 Å². The average Bonchev–Trinajstić information content (AvgIpc) is 2.37. The number of benzene rings is 1. The van der Waals surface area contributed by atoms with Crippen molar-refractivity contribution in [1.29, 1.82) is 0 Å². The minimum absolute atomic E-state index is 0.452. The Morgan fingerprint density at radius 1 is 1.06 bits per heavy atom. The molecule has 0 fully saturated rings. The summed E-state index contributed by atoms with van der Waals surface area (Å²) in [4.78, 5) is 12.0. The first kappa shape index (κ1) is 12.2. The molecule has 1 aliphatic heterocycles. The van der Waals surface area contributed by atoms with E-state index in [2.05, 4.69) is 68.5 Å². The van der Waals surface area contributed by atoms with Crippen LogP contribution in [0.2, 0.25) is 14.8 Å². The molecule has 18 heavy (non-hydrogen) atoms. The number of fused-ring (bicyclic) bond motifs is 3. The number of rotatable bonds is 1. The third-order valence-electron chi connectivity index (χ3n) is 3.82. The molecule has 2 unspecified atom stereocenters. The zero-order valence-corrected chi connectivity index (χ0v) is 14.1. The molecule has 0 N–H and O–H groups in total. The van der Waals surface area contributed by atoms with E-state index in [-0.39, 0.29) is 0 Å². The van der Waals surface area contributed by atoms with Gasteiger partial charge in [-0.25, -0.2) is 0 Å². The van der Waals surface area contributed by atoms with Crippen LogP contribution in [0.3, 0.4) is 0 Å². The van der Waals surface area contributed by atoms with Crippen LogP contribution in [0.1, 0.15) is 11.5 Å². The second-order valence-corrected chi connectivity index (χ2v) is 20.7. The predicted molar refractivity (Wildman–Crippen MR) is 82.1 cm³/mol. The summed E-state index contributed by atoms with van der Waals surface area (Å²) < 4.78 is 1.60. The van der Waals surface area contributed by atoms with E-state index < -0.39 is 18.4 Å². The van der Waals surface area contributed by atoms with Crippen molar-refractivity contribution < 1.29 is 0 Å². The molecule has 1 aliphatic carbocycles. The molecule has 1 nitrogen and oxygen atoms in total. The summed E-state index contributed by atoms with van der Waals surface area (Å²) in [5, 5.41) is 0. The molecule has 1 aromatic rings. The van der Waals surface area contributed by atoms with Gasteiger partial charge >= 0.3 is 114 Å². The Balaban J connectivity index is 2.11. The molecule has 1 aromatic carbocycles. The molecular weight excluding hydrogens is 325 g/mol. The Morgan fingerprint density at radius 3 is 2.61 bits per heavy atom. The SMILES string of the molecule is [CH3][Sn]([CH3])([CH3])[c]1ccc2c(c1)C1C=CC=CC1C=N2. The predicted octanol–water partition coefficient (Wildman–Crippen LogP) is 3.77. The van der Waals surface area contributed by atoms with Crippen molar-refractivity contribution in [2.45, 2.75) is 20.7 Å². The van der Waals surface area contributed by atoms with Crippen molar-refractivity contribution >= 4 is 33.9 Å². The number of aliphatic imine (C=N–C) groups is 1. The van der Waals surface area contributed by atoms with Crippen LogP contribution in [0, 0.1) is 5.92 Å². The zero-order valence-electron chi connectivity index (χ0n) is 11.2. The Hall–Kier alpha value is -0.831. The molecule has 0 saturated heterocycles. The molecule has 1 heterocycles. The zero-order chi connectivity index (χ0) is 12.8. The van der Waals surface area contributed by atoms with E-state index in [1.165, 1.54) is 5.56 Å². The van der Waals surface area contributed by atoms with E-state index >= 15 is 0 Å². The van der Waals surface area contributed by atoms with Crippen molar-refractivity contribution in [1.82, 2.24) is 0 Å². The fourth-order valence-corrected chi connectivity index (χ4v) is 5.99. The second kappa shape index (κ2) is 4.37. The molecule has 92 valence electrons. The fourth-order valence-electron chi connectivity index (χ4n) is 2.65. The molecule has 2 atom stereocenters. The summed E-state index contributed by atoms with van der Waals surface area (Å²) in [5.41, 5.74) is 2.59. The summed E-state index contributed by atoms with van der Waals surface area (Å²) >= 11 is -1.98. The first-order chi connectivity index (χ1) is 8.55. The maximum atomic E-state index is 4.61. The molecule has 0 amide bonds. The van der Waals surface area contributed by atoms with Gasteiger partial charge in [0, 0.05) is 0 Å². The molecule has 0 spiro atoms. The maximum absolute atomic E-state index is 4.61. The van der Waals surface area contributed by atoms with Crippen LogP contribution in [0.15, 0.2) is 47.5 Å². The van der Waals surface area contributed by atoms with Gasteiger partial charge in [0.15, 0.2) is 0 Å². The summed E-state index contributed by atoms with van der Waals surface area (Å²) in [6, 6.07) is 6.95. The van der Waals surface area contributed by atoms with E-state index in [0.29, 0.717) is 11.8 Å². The normalized spacial score (nSPS) is 24.8.